The van der Waals surface area contributed by atoms with Gasteiger partial charge in [0.2, 0.25) is 0 Å². The van der Waals surface area contributed by atoms with E-state index in [0.717, 1.165) is 5.75 Å². The maximum atomic E-state index is 13.6. The van der Waals surface area contributed by atoms with Crippen molar-refractivity contribution in [1.82, 2.24) is 10.6 Å². The summed E-state index contributed by atoms with van der Waals surface area (Å²) in [5.41, 5.74) is 4.93. The molecule has 36 heavy (non-hydrogen) atoms. The first-order chi connectivity index (χ1) is 15.5. The lowest BCUT2D eigenvalue weighted by molar-refractivity contribution is -0.131. The first kappa shape index (κ1) is 35.6. The second kappa shape index (κ2) is 11.8. The van der Waals surface area contributed by atoms with Gasteiger partial charge in [-0.25, -0.2) is 0 Å². The van der Waals surface area contributed by atoms with Crippen LogP contribution in [0.2, 0.25) is 0 Å². The van der Waals surface area contributed by atoms with E-state index in [4.69, 9.17) is 5.73 Å². The van der Waals surface area contributed by atoms with E-state index in [1.165, 1.54) is 0 Å². The molecule has 0 heterocycles. The van der Waals surface area contributed by atoms with Gasteiger partial charge in [-0.2, -0.15) is 11.8 Å². The van der Waals surface area contributed by atoms with Crippen molar-refractivity contribution in [3.8, 4) is 0 Å². The van der Waals surface area contributed by atoms with E-state index in [9.17, 15) is 9.59 Å². The molecule has 4 N–H and O–H groups in total. The molecule has 0 radical (unpaired) electrons. The minimum atomic E-state index is -0.803. The van der Waals surface area contributed by atoms with Gasteiger partial charge in [0.25, 0.3) is 0 Å². The Bertz CT molecular complexity index is 746. The van der Waals surface area contributed by atoms with Crippen LogP contribution in [0.15, 0.2) is 0 Å². The summed E-state index contributed by atoms with van der Waals surface area (Å²) in [6.07, 6.45) is 0. The molecule has 0 fully saturated rings. The second-order valence-corrected chi connectivity index (χ2v) is 17.5. The minimum absolute atomic E-state index is 0.128. The molecule has 0 saturated carbocycles. The van der Waals surface area contributed by atoms with Crippen LogP contribution in [0.1, 0.15) is 118 Å². The van der Waals surface area contributed by atoms with Crippen LogP contribution in [-0.4, -0.2) is 50.8 Å². The molecule has 0 amide bonds. The first-order valence-electron chi connectivity index (χ1n) is 13.6. The molecule has 0 aromatic heterocycles. The number of hydrogen-bond acceptors (Lipinski definition) is 6. The number of hydrogen-bond donors (Lipinski definition) is 3. The molecule has 0 aliphatic carbocycles. The number of rotatable bonds is 11. The number of thioether (sulfide) groups is 1. The van der Waals surface area contributed by atoms with Crippen molar-refractivity contribution in [3.05, 3.63) is 0 Å². The summed E-state index contributed by atoms with van der Waals surface area (Å²) in [7, 11) is 0. The fourth-order valence-electron chi connectivity index (χ4n) is 4.05. The summed E-state index contributed by atoms with van der Waals surface area (Å²) in [6, 6.07) is -0.726. The number of nitrogens with one attached hydrogen (secondary N) is 2. The maximum Gasteiger partial charge on any atom is 0.156 e. The third kappa shape index (κ3) is 10.4. The molecular weight excluding hydrogens is 466 g/mol. The summed E-state index contributed by atoms with van der Waals surface area (Å²) in [5.74, 6) is 1.62. The number of nitrogens with two attached hydrogens (primary N) is 1. The van der Waals surface area contributed by atoms with Crippen molar-refractivity contribution in [1.29, 1.82) is 0 Å². The van der Waals surface area contributed by atoms with E-state index in [1.807, 2.05) is 48.5 Å². The molecule has 0 aliphatic heterocycles. The van der Waals surface area contributed by atoms with Crippen LogP contribution in [0.3, 0.4) is 0 Å². The summed E-state index contributed by atoms with van der Waals surface area (Å²) >= 11 is 1.80. The predicted molar refractivity (Wildman–Crippen MR) is 160 cm³/mol. The Hall–Kier alpha value is -0.430. The lowest BCUT2D eigenvalue weighted by Crippen LogP contribution is -2.71. The zero-order valence-electron chi connectivity index (χ0n) is 26.8. The predicted octanol–water partition coefficient (Wildman–Crippen LogP) is 6.23. The Morgan fingerprint density at radius 3 is 1.42 bits per heavy atom. The summed E-state index contributed by atoms with van der Waals surface area (Å²) < 4.78 is -0.397. The zero-order chi connectivity index (χ0) is 29.3. The standard InChI is InChI=1S/C30H61N3O2S/c1-19(20(2)21(32-27(9,10)11)23(34)25(3,4)5)18-36-29(15,16)30(17,31)22(33-28(12,13)14)24(35)26(6,7)8/h19-22,32-33H,18,31H2,1-17H3. The van der Waals surface area contributed by atoms with Gasteiger partial charge in [0.15, 0.2) is 11.6 Å². The van der Waals surface area contributed by atoms with Crippen molar-refractivity contribution < 1.29 is 9.59 Å². The maximum absolute atomic E-state index is 13.6. The van der Waals surface area contributed by atoms with E-state index in [1.54, 1.807) is 11.8 Å². The van der Waals surface area contributed by atoms with Gasteiger partial charge in [0.05, 0.1) is 12.1 Å². The van der Waals surface area contributed by atoms with Crippen LogP contribution < -0.4 is 16.4 Å². The summed E-state index contributed by atoms with van der Waals surface area (Å²) in [4.78, 5) is 27.0. The van der Waals surface area contributed by atoms with Gasteiger partial charge in [0, 0.05) is 32.2 Å². The lowest BCUT2D eigenvalue weighted by Gasteiger charge is -2.49. The second-order valence-electron chi connectivity index (χ2n) is 15.9. The van der Waals surface area contributed by atoms with Gasteiger partial charge in [-0.3, -0.25) is 9.59 Å². The Kier molecular flexibility index (Phi) is 11.6. The fraction of sp³-hybridized carbons (Fsp3) is 0.933. The highest BCUT2D eigenvalue weighted by molar-refractivity contribution is 8.00. The van der Waals surface area contributed by atoms with Crippen LogP contribution in [0.25, 0.3) is 0 Å². The molecule has 5 unspecified atom stereocenters. The minimum Gasteiger partial charge on any atom is -0.322 e. The number of ketones is 2. The van der Waals surface area contributed by atoms with Crippen LogP contribution >= 0.6 is 11.8 Å². The van der Waals surface area contributed by atoms with E-state index in [0.29, 0.717) is 0 Å². The fourth-order valence-corrected chi connectivity index (χ4v) is 5.46. The van der Waals surface area contributed by atoms with Crippen molar-refractivity contribution in [3.63, 3.8) is 0 Å². The molecular formula is C30H61N3O2S. The summed E-state index contributed by atoms with van der Waals surface area (Å²) in [5, 5.41) is 7.16. The third-order valence-electron chi connectivity index (χ3n) is 7.22. The number of Topliss-reactive ketones (excluding diaryl/α,β-unsaturated/α-hetero) is 2. The Morgan fingerprint density at radius 1 is 0.694 bits per heavy atom. The Morgan fingerprint density at radius 2 is 1.08 bits per heavy atom. The van der Waals surface area contributed by atoms with E-state index in [2.05, 4.69) is 79.9 Å². The highest BCUT2D eigenvalue weighted by Crippen LogP contribution is 2.41. The van der Waals surface area contributed by atoms with Gasteiger partial charge in [-0.05, 0) is 79.9 Å². The molecule has 5 nitrogen and oxygen atoms in total. The average Bonchev–Trinajstić information content (AvgIpc) is 2.63. The molecule has 214 valence electrons. The van der Waals surface area contributed by atoms with Crippen molar-refractivity contribution in [2.75, 3.05) is 5.75 Å². The molecule has 0 spiro atoms. The summed E-state index contributed by atoms with van der Waals surface area (Å²) in [6.45, 7) is 35.1. The van der Waals surface area contributed by atoms with Gasteiger partial charge in [-0.1, -0.05) is 55.4 Å². The molecule has 0 saturated heterocycles. The first-order valence-corrected chi connectivity index (χ1v) is 14.6. The lowest BCUT2D eigenvalue weighted by atomic mass is 9.73. The quantitative estimate of drug-likeness (QED) is 0.295. The van der Waals surface area contributed by atoms with Crippen LogP contribution in [0.5, 0.6) is 0 Å². The van der Waals surface area contributed by atoms with Crippen molar-refractivity contribution >= 4 is 23.3 Å². The van der Waals surface area contributed by atoms with Crippen LogP contribution in [0, 0.1) is 22.7 Å². The Labute approximate surface area is 228 Å². The topological polar surface area (TPSA) is 84.2 Å². The number of carbonyl (C=O) groups excluding carboxylic acids is 2. The number of carbonyl (C=O) groups is 2. The largest absolute Gasteiger partial charge is 0.322 e. The zero-order valence-corrected chi connectivity index (χ0v) is 27.6. The third-order valence-corrected chi connectivity index (χ3v) is 9.07. The van der Waals surface area contributed by atoms with E-state index in [-0.39, 0.29) is 40.5 Å². The van der Waals surface area contributed by atoms with Gasteiger partial charge in [0.1, 0.15) is 0 Å². The van der Waals surface area contributed by atoms with Gasteiger partial charge < -0.3 is 16.4 Å². The molecule has 6 heteroatoms. The van der Waals surface area contributed by atoms with E-state index >= 15 is 0 Å². The molecule has 0 aliphatic rings. The Balaban J connectivity index is 5.95. The SMILES string of the molecule is CC(CSC(C)(C)C(C)(N)C(NC(C)(C)C)C(=O)C(C)(C)C)C(C)C(NC(C)(C)C)C(=O)C(C)(C)C. The molecule has 0 rings (SSSR count). The van der Waals surface area contributed by atoms with Gasteiger partial charge in [-0.15, -0.1) is 0 Å². The van der Waals surface area contributed by atoms with Crippen molar-refractivity contribution in [2.24, 2.45) is 28.4 Å². The van der Waals surface area contributed by atoms with Crippen LogP contribution in [0.4, 0.5) is 0 Å². The van der Waals surface area contributed by atoms with Crippen molar-refractivity contribution in [2.45, 2.75) is 151 Å². The molecule has 0 aromatic carbocycles. The molecule has 5 atom stereocenters. The van der Waals surface area contributed by atoms with E-state index < -0.39 is 27.2 Å². The van der Waals surface area contributed by atoms with Crippen LogP contribution in [-0.2, 0) is 9.59 Å². The average molecular weight is 528 g/mol. The highest BCUT2D eigenvalue weighted by Gasteiger charge is 2.50. The molecule has 0 bridgehead atoms. The molecule has 0 aromatic rings. The van der Waals surface area contributed by atoms with Gasteiger partial charge >= 0.3 is 0 Å². The highest BCUT2D eigenvalue weighted by atomic mass is 32.2. The normalized spacial score (nSPS) is 19.3. The monoisotopic (exact) mass is 527 g/mol. The smallest absolute Gasteiger partial charge is 0.156 e.